The molecule has 30 heavy (non-hydrogen) atoms. The van der Waals surface area contributed by atoms with Crippen molar-refractivity contribution in [2.24, 2.45) is 0 Å². The molecule has 0 unspecified atom stereocenters. The number of hydrogen-bond donors (Lipinski definition) is 0. The first kappa shape index (κ1) is 20.8. The van der Waals surface area contributed by atoms with E-state index in [2.05, 4.69) is 26.6 Å². The number of benzene rings is 2. The predicted octanol–water partition coefficient (Wildman–Crippen LogP) is 3.17. The monoisotopic (exact) mass is 424 g/mol. The first-order chi connectivity index (χ1) is 14.4. The lowest BCUT2D eigenvalue weighted by Gasteiger charge is -2.34. The third kappa shape index (κ3) is 4.33. The molecule has 7 heteroatoms. The fourth-order valence-electron chi connectivity index (χ4n) is 3.80. The minimum atomic E-state index is -3.43. The molecule has 0 saturated carbocycles. The summed E-state index contributed by atoms with van der Waals surface area (Å²) >= 11 is 0. The average Bonchev–Trinajstić information content (AvgIpc) is 3.24. The van der Waals surface area contributed by atoms with Crippen LogP contribution in [0.3, 0.4) is 0 Å². The van der Waals surface area contributed by atoms with Crippen molar-refractivity contribution in [1.82, 2.24) is 18.8 Å². The maximum Gasteiger partial charge on any atom is 0.243 e. The molecule has 6 nitrogen and oxygen atoms in total. The van der Waals surface area contributed by atoms with Gasteiger partial charge >= 0.3 is 0 Å². The standard InChI is InChI=1S/C23H28N4O2S/c1-19-8-9-22(18-20(19)2)30(28,29)27-16-13-25(14-17-27)12-15-26-11-10-24-23(26)21-6-4-3-5-7-21/h3-11,18H,12-17H2,1-2H3. The van der Waals surface area contributed by atoms with E-state index in [4.69, 9.17) is 0 Å². The van der Waals surface area contributed by atoms with Crippen molar-refractivity contribution in [2.75, 3.05) is 32.7 Å². The lowest BCUT2D eigenvalue weighted by molar-refractivity contribution is 0.183. The minimum Gasteiger partial charge on any atom is -0.330 e. The molecule has 1 fully saturated rings. The molecule has 0 spiro atoms. The molecule has 0 radical (unpaired) electrons. The van der Waals surface area contributed by atoms with Crippen LogP contribution in [0.4, 0.5) is 0 Å². The van der Waals surface area contributed by atoms with Gasteiger partial charge in [0.25, 0.3) is 0 Å². The Bertz CT molecular complexity index is 1100. The van der Waals surface area contributed by atoms with Crippen LogP contribution in [-0.4, -0.2) is 59.9 Å². The maximum absolute atomic E-state index is 13.0. The SMILES string of the molecule is Cc1ccc(S(=O)(=O)N2CCN(CCn3ccnc3-c3ccccc3)CC2)cc1C. The van der Waals surface area contributed by atoms with E-state index in [-0.39, 0.29) is 0 Å². The van der Waals surface area contributed by atoms with Crippen LogP contribution in [0.1, 0.15) is 11.1 Å². The van der Waals surface area contributed by atoms with Crippen LogP contribution < -0.4 is 0 Å². The van der Waals surface area contributed by atoms with E-state index in [0.717, 1.165) is 48.7 Å². The molecule has 0 N–H and O–H groups in total. The maximum atomic E-state index is 13.0. The second-order valence-electron chi connectivity index (χ2n) is 7.80. The van der Waals surface area contributed by atoms with E-state index in [0.29, 0.717) is 18.0 Å². The van der Waals surface area contributed by atoms with Gasteiger partial charge < -0.3 is 4.57 Å². The molecule has 1 aliphatic heterocycles. The molecule has 158 valence electrons. The molecule has 2 heterocycles. The highest BCUT2D eigenvalue weighted by Crippen LogP contribution is 2.21. The van der Waals surface area contributed by atoms with Gasteiger partial charge in [-0.05, 0) is 37.1 Å². The van der Waals surface area contributed by atoms with Gasteiger partial charge in [0.2, 0.25) is 10.0 Å². The Morgan fingerprint density at radius 2 is 1.63 bits per heavy atom. The first-order valence-electron chi connectivity index (χ1n) is 10.3. The van der Waals surface area contributed by atoms with Crippen molar-refractivity contribution >= 4 is 10.0 Å². The normalized spacial score (nSPS) is 16.1. The summed E-state index contributed by atoms with van der Waals surface area (Å²) in [6.45, 7) is 8.15. The van der Waals surface area contributed by atoms with Crippen LogP contribution in [0, 0.1) is 13.8 Å². The number of sulfonamides is 1. The van der Waals surface area contributed by atoms with Crippen molar-refractivity contribution in [2.45, 2.75) is 25.3 Å². The van der Waals surface area contributed by atoms with E-state index in [1.165, 1.54) is 0 Å². The van der Waals surface area contributed by atoms with Crippen molar-refractivity contribution in [3.8, 4) is 11.4 Å². The van der Waals surface area contributed by atoms with Crippen molar-refractivity contribution < 1.29 is 8.42 Å². The summed E-state index contributed by atoms with van der Waals surface area (Å²) in [5.41, 5.74) is 3.21. The van der Waals surface area contributed by atoms with Crippen LogP contribution in [0.5, 0.6) is 0 Å². The van der Waals surface area contributed by atoms with Crippen molar-refractivity contribution in [3.63, 3.8) is 0 Å². The lowest BCUT2D eigenvalue weighted by Crippen LogP contribution is -2.49. The van der Waals surface area contributed by atoms with Crippen molar-refractivity contribution in [3.05, 3.63) is 72.1 Å². The van der Waals surface area contributed by atoms with Gasteiger partial charge in [-0.15, -0.1) is 0 Å². The van der Waals surface area contributed by atoms with Crippen LogP contribution in [-0.2, 0) is 16.6 Å². The van der Waals surface area contributed by atoms with E-state index in [1.807, 2.05) is 50.5 Å². The average molecular weight is 425 g/mol. The highest BCUT2D eigenvalue weighted by atomic mass is 32.2. The molecule has 0 aliphatic carbocycles. The zero-order valence-corrected chi connectivity index (χ0v) is 18.3. The first-order valence-corrected chi connectivity index (χ1v) is 11.8. The molecule has 1 saturated heterocycles. The topological polar surface area (TPSA) is 58.4 Å². The number of imidazole rings is 1. The van der Waals surface area contributed by atoms with Crippen LogP contribution in [0.25, 0.3) is 11.4 Å². The lowest BCUT2D eigenvalue weighted by atomic mass is 10.1. The molecule has 0 atom stereocenters. The number of hydrogen-bond acceptors (Lipinski definition) is 4. The van der Waals surface area contributed by atoms with Gasteiger partial charge in [-0.2, -0.15) is 4.31 Å². The summed E-state index contributed by atoms with van der Waals surface area (Å²) in [5, 5.41) is 0. The Hall–Kier alpha value is -2.48. The summed E-state index contributed by atoms with van der Waals surface area (Å²) in [4.78, 5) is 7.21. The van der Waals surface area contributed by atoms with Gasteiger partial charge in [-0.3, -0.25) is 4.90 Å². The Morgan fingerprint density at radius 3 is 2.33 bits per heavy atom. The van der Waals surface area contributed by atoms with Gasteiger partial charge in [0, 0.05) is 57.2 Å². The number of rotatable bonds is 6. The fourth-order valence-corrected chi connectivity index (χ4v) is 5.31. The smallest absolute Gasteiger partial charge is 0.243 e. The summed E-state index contributed by atoms with van der Waals surface area (Å²) in [5.74, 6) is 0.964. The molecule has 0 amide bonds. The molecule has 3 aromatic rings. The Balaban J connectivity index is 1.36. The van der Waals surface area contributed by atoms with Crippen LogP contribution in [0.2, 0.25) is 0 Å². The van der Waals surface area contributed by atoms with Gasteiger partial charge in [0.05, 0.1) is 4.90 Å². The number of aryl methyl sites for hydroxylation is 2. The number of piperazine rings is 1. The van der Waals surface area contributed by atoms with Crippen LogP contribution in [0.15, 0.2) is 65.8 Å². The second-order valence-corrected chi connectivity index (χ2v) is 9.74. The third-order valence-electron chi connectivity index (χ3n) is 5.85. The summed E-state index contributed by atoms with van der Waals surface area (Å²) < 4.78 is 29.8. The second kappa shape index (κ2) is 8.71. The number of aromatic nitrogens is 2. The zero-order chi connectivity index (χ0) is 21.1. The van der Waals surface area contributed by atoms with Crippen LogP contribution >= 0.6 is 0 Å². The van der Waals surface area contributed by atoms with E-state index >= 15 is 0 Å². The zero-order valence-electron chi connectivity index (χ0n) is 17.5. The fraction of sp³-hybridized carbons (Fsp3) is 0.348. The van der Waals surface area contributed by atoms with E-state index < -0.39 is 10.0 Å². The van der Waals surface area contributed by atoms with E-state index in [9.17, 15) is 8.42 Å². The van der Waals surface area contributed by atoms with Gasteiger partial charge in [0.1, 0.15) is 5.82 Å². The Kier molecular flexibility index (Phi) is 6.04. The highest BCUT2D eigenvalue weighted by Gasteiger charge is 2.28. The summed E-state index contributed by atoms with van der Waals surface area (Å²) in [6.07, 6.45) is 3.83. The van der Waals surface area contributed by atoms with Gasteiger partial charge in [-0.25, -0.2) is 13.4 Å². The molecular weight excluding hydrogens is 396 g/mol. The number of nitrogens with zero attached hydrogens (tertiary/aromatic N) is 4. The molecule has 0 bridgehead atoms. The van der Waals surface area contributed by atoms with Crippen molar-refractivity contribution in [1.29, 1.82) is 0 Å². The van der Waals surface area contributed by atoms with E-state index in [1.54, 1.807) is 16.4 Å². The Morgan fingerprint density at radius 1 is 0.900 bits per heavy atom. The molecular formula is C23H28N4O2S. The van der Waals surface area contributed by atoms with Gasteiger partial charge in [-0.1, -0.05) is 36.4 Å². The quantitative estimate of drug-likeness (QED) is 0.610. The largest absolute Gasteiger partial charge is 0.330 e. The minimum absolute atomic E-state index is 0.393. The summed E-state index contributed by atoms with van der Waals surface area (Å²) in [7, 11) is -3.43. The molecule has 1 aliphatic rings. The highest BCUT2D eigenvalue weighted by molar-refractivity contribution is 7.89. The Labute approximate surface area is 178 Å². The third-order valence-corrected chi connectivity index (χ3v) is 7.75. The van der Waals surface area contributed by atoms with Gasteiger partial charge in [0.15, 0.2) is 0 Å². The molecule has 4 rings (SSSR count). The molecule has 1 aromatic heterocycles. The predicted molar refractivity (Wildman–Crippen MR) is 119 cm³/mol. The summed E-state index contributed by atoms with van der Waals surface area (Å²) in [6, 6.07) is 15.5. The molecule has 2 aromatic carbocycles.